The number of Topliss-reactive ketones (excluding diaryl/α,β-unsaturated/α-hetero) is 1. The van der Waals surface area contributed by atoms with Crippen LogP contribution in [-0.4, -0.2) is 42.8 Å². The van der Waals surface area contributed by atoms with Crippen molar-refractivity contribution in [2.45, 2.75) is 6.42 Å². The fraction of sp³-hybridized carbons (Fsp3) is 0.385. The lowest BCUT2D eigenvalue weighted by Crippen LogP contribution is -2.33. The average Bonchev–Trinajstić information content (AvgIpc) is 2.54. The molecule has 2 rings (SSSR count). The predicted octanol–water partition coefficient (Wildman–Crippen LogP) is 0.969. The fourth-order valence-corrected chi connectivity index (χ4v) is 1.98. The molecule has 0 radical (unpaired) electrons. The Kier molecular flexibility index (Phi) is 4.21. The molecule has 1 N–H and O–H groups in total. The summed E-state index contributed by atoms with van der Waals surface area (Å²) >= 11 is 0. The summed E-state index contributed by atoms with van der Waals surface area (Å²) in [5, 5.41) is 2.69. The number of benzene rings is 1. The zero-order chi connectivity index (χ0) is 13.8. The van der Waals surface area contributed by atoms with E-state index in [0.29, 0.717) is 32.1 Å². The summed E-state index contributed by atoms with van der Waals surface area (Å²) < 4.78 is 26.2. The summed E-state index contributed by atoms with van der Waals surface area (Å²) in [5.74, 6) is -2.03. The minimum Gasteiger partial charge on any atom is -0.355 e. The van der Waals surface area contributed by atoms with Gasteiger partial charge in [-0.05, 0) is 12.1 Å². The molecule has 0 bridgehead atoms. The highest BCUT2D eigenvalue weighted by Gasteiger charge is 2.19. The number of nitrogens with zero attached hydrogens (tertiary/aromatic N) is 1. The molecule has 1 saturated heterocycles. The van der Waals surface area contributed by atoms with Gasteiger partial charge >= 0.3 is 0 Å². The van der Waals surface area contributed by atoms with Crippen molar-refractivity contribution >= 4 is 11.7 Å². The van der Waals surface area contributed by atoms with Gasteiger partial charge in [-0.15, -0.1) is 0 Å². The monoisotopic (exact) mass is 268 g/mol. The number of amides is 1. The van der Waals surface area contributed by atoms with Gasteiger partial charge in [-0.2, -0.15) is 0 Å². The van der Waals surface area contributed by atoms with Gasteiger partial charge in [0.15, 0.2) is 5.78 Å². The molecule has 1 aliphatic heterocycles. The summed E-state index contributed by atoms with van der Waals surface area (Å²) in [6.07, 6.45) is 0.319. The lowest BCUT2D eigenvalue weighted by Gasteiger charge is -2.17. The van der Waals surface area contributed by atoms with Crippen LogP contribution in [0, 0.1) is 11.6 Å². The van der Waals surface area contributed by atoms with Crippen molar-refractivity contribution in [3.8, 4) is 0 Å². The van der Waals surface area contributed by atoms with E-state index >= 15 is 0 Å². The van der Waals surface area contributed by atoms with E-state index in [1.807, 2.05) is 0 Å². The topological polar surface area (TPSA) is 49.4 Å². The maximum Gasteiger partial charge on any atom is 0.221 e. The second-order valence-electron chi connectivity index (χ2n) is 4.42. The van der Waals surface area contributed by atoms with Crippen LogP contribution in [0.3, 0.4) is 0 Å². The van der Waals surface area contributed by atoms with E-state index in [2.05, 4.69) is 5.32 Å². The number of halogens is 2. The first-order valence-electron chi connectivity index (χ1n) is 6.03. The van der Waals surface area contributed by atoms with Crippen molar-refractivity contribution in [1.29, 1.82) is 0 Å². The van der Waals surface area contributed by atoms with Crippen molar-refractivity contribution < 1.29 is 18.4 Å². The normalized spacial score (nSPS) is 16.8. The molecule has 1 fully saturated rings. The summed E-state index contributed by atoms with van der Waals surface area (Å²) in [6.45, 7) is 1.50. The smallest absolute Gasteiger partial charge is 0.221 e. The Balaban J connectivity index is 2.02. The third-order valence-electron chi connectivity index (χ3n) is 3.00. The molecule has 1 amide bonds. The van der Waals surface area contributed by atoms with Gasteiger partial charge in [0.05, 0.1) is 12.1 Å². The molecule has 4 nitrogen and oxygen atoms in total. The first-order valence-corrected chi connectivity index (χ1v) is 6.03. The standard InChI is InChI=1S/C13H14F2N2O2/c14-9-1-2-10(11(15)7-9)12(18)8-17-5-3-13(19)16-4-6-17/h1-2,7H,3-6,8H2,(H,16,19). The van der Waals surface area contributed by atoms with E-state index in [1.165, 1.54) is 0 Å². The Bertz CT molecular complexity index is 505. The zero-order valence-corrected chi connectivity index (χ0v) is 10.3. The highest BCUT2D eigenvalue weighted by molar-refractivity contribution is 5.97. The van der Waals surface area contributed by atoms with Gasteiger partial charge in [-0.1, -0.05) is 0 Å². The number of carbonyl (C=O) groups is 2. The van der Waals surface area contributed by atoms with Gasteiger partial charge in [-0.25, -0.2) is 8.78 Å². The summed E-state index contributed by atoms with van der Waals surface area (Å²) in [4.78, 5) is 24.9. The molecule has 0 aromatic heterocycles. The molecule has 0 unspecified atom stereocenters. The molecule has 102 valence electrons. The zero-order valence-electron chi connectivity index (χ0n) is 10.3. The molecule has 1 aromatic rings. The third kappa shape index (κ3) is 3.57. The molecule has 6 heteroatoms. The van der Waals surface area contributed by atoms with Crippen LogP contribution < -0.4 is 5.32 Å². The van der Waals surface area contributed by atoms with Gasteiger partial charge in [0.1, 0.15) is 11.6 Å². The van der Waals surface area contributed by atoms with Crippen molar-refractivity contribution in [2.24, 2.45) is 0 Å². The molecule has 1 heterocycles. The Morgan fingerprint density at radius 1 is 1.32 bits per heavy atom. The maximum atomic E-state index is 13.5. The predicted molar refractivity (Wildman–Crippen MR) is 64.8 cm³/mol. The van der Waals surface area contributed by atoms with Crippen molar-refractivity contribution in [3.63, 3.8) is 0 Å². The highest BCUT2D eigenvalue weighted by atomic mass is 19.1. The molecule has 0 aliphatic carbocycles. The molecule has 1 aromatic carbocycles. The van der Waals surface area contributed by atoms with Gasteiger partial charge in [0, 0.05) is 32.1 Å². The largest absolute Gasteiger partial charge is 0.355 e. The average molecular weight is 268 g/mol. The lowest BCUT2D eigenvalue weighted by molar-refractivity contribution is -0.120. The minimum atomic E-state index is -0.853. The van der Waals surface area contributed by atoms with E-state index in [1.54, 1.807) is 4.90 Å². The Morgan fingerprint density at radius 3 is 2.84 bits per heavy atom. The van der Waals surface area contributed by atoms with Crippen LogP contribution in [0.2, 0.25) is 0 Å². The van der Waals surface area contributed by atoms with Gasteiger partial charge in [0.25, 0.3) is 0 Å². The summed E-state index contributed by atoms with van der Waals surface area (Å²) in [6, 6.07) is 2.90. The number of rotatable bonds is 3. The van der Waals surface area contributed by atoms with E-state index in [0.717, 1.165) is 12.1 Å². The summed E-state index contributed by atoms with van der Waals surface area (Å²) in [7, 11) is 0. The highest BCUT2D eigenvalue weighted by Crippen LogP contribution is 2.11. The quantitative estimate of drug-likeness (QED) is 0.831. The second-order valence-corrected chi connectivity index (χ2v) is 4.42. The summed E-state index contributed by atoms with van der Waals surface area (Å²) in [5.41, 5.74) is -0.120. The van der Waals surface area contributed by atoms with Gasteiger partial charge in [0.2, 0.25) is 5.91 Å². The number of hydrogen-bond acceptors (Lipinski definition) is 3. The van der Waals surface area contributed by atoms with Gasteiger partial charge in [-0.3, -0.25) is 14.5 Å². The molecular weight excluding hydrogens is 254 g/mol. The van der Waals surface area contributed by atoms with Crippen LogP contribution in [0.15, 0.2) is 18.2 Å². The van der Waals surface area contributed by atoms with Crippen LogP contribution >= 0.6 is 0 Å². The van der Waals surface area contributed by atoms with Crippen LogP contribution in [0.4, 0.5) is 8.78 Å². The van der Waals surface area contributed by atoms with E-state index in [4.69, 9.17) is 0 Å². The molecule has 0 atom stereocenters. The van der Waals surface area contributed by atoms with Crippen molar-refractivity contribution in [1.82, 2.24) is 10.2 Å². The van der Waals surface area contributed by atoms with E-state index < -0.39 is 17.4 Å². The van der Waals surface area contributed by atoms with E-state index in [-0.39, 0.29) is 18.0 Å². The SMILES string of the molecule is O=C1CCN(CC(=O)c2ccc(F)cc2F)CCN1. The Labute approximate surface area is 109 Å². The second kappa shape index (κ2) is 5.88. The first kappa shape index (κ1) is 13.6. The Morgan fingerprint density at radius 2 is 2.11 bits per heavy atom. The molecular formula is C13H14F2N2O2. The van der Waals surface area contributed by atoms with Crippen LogP contribution in [0.25, 0.3) is 0 Å². The first-order chi connectivity index (χ1) is 9.06. The number of hydrogen-bond donors (Lipinski definition) is 1. The van der Waals surface area contributed by atoms with Crippen LogP contribution in [0.5, 0.6) is 0 Å². The van der Waals surface area contributed by atoms with Crippen LogP contribution in [0.1, 0.15) is 16.8 Å². The fourth-order valence-electron chi connectivity index (χ4n) is 1.98. The minimum absolute atomic E-state index is 0.0253. The van der Waals surface area contributed by atoms with Gasteiger partial charge < -0.3 is 5.32 Å². The van der Waals surface area contributed by atoms with Crippen molar-refractivity contribution in [3.05, 3.63) is 35.4 Å². The third-order valence-corrected chi connectivity index (χ3v) is 3.00. The van der Waals surface area contributed by atoms with Crippen molar-refractivity contribution in [2.75, 3.05) is 26.2 Å². The Hall–Kier alpha value is -1.82. The number of ketones is 1. The number of carbonyl (C=O) groups excluding carboxylic acids is 2. The lowest BCUT2D eigenvalue weighted by atomic mass is 10.1. The van der Waals surface area contributed by atoms with E-state index in [9.17, 15) is 18.4 Å². The molecule has 1 aliphatic rings. The molecule has 0 saturated carbocycles. The number of nitrogens with one attached hydrogen (secondary N) is 1. The maximum absolute atomic E-state index is 13.5. The van der Waals surface area contributed by atoms with Crippen LogP contribution in [-0.2, 0) is 4.79 Å². The molecule has 19 heavy (non-hydrogen) atoms. The molecule has 0 spiro atoms.